The van der Waals surface area contributed by atoms with Gasteiger partial charge in [0.25, 0.3) is 0 Å². The molecule has 1 atom stereocenters. The van der Waals surface area contributed by atoms with Crippen molar-refractivity contribution in [3.05, 3.63) is 0 Å². The number of nitrogens with one attached hydrogen (secondary N) is 1. The predicted molar refractivity (Wildman–Crippen MR) is 84.3 cm³/mol. The first-order valence-electron chi connectivity index (χ1n) is 7.89. The summed E-state index contributed by atoms with van der Waals surface area (Å²) in [6.45, 7) is 14.2. The van der Waals surface area contributed by atoms with Gasteiger partial charge < -0.3 is 14.6 Å². The van der Waals surface area contributed by atoms with Gasteiger partial charge in [0.15, 0.2) is 8.32 Å². The van der Waals surface area contributed by atoms with Gasteiger partial charge in [-0.1, -0.05) is 20.8 Å². The third-order valence-corrected chi connectivity index (χ3v) is 9.67. The van der Waals surface area contributed by atoms with Gasteiger partial charge in [0.2, 0.25) is 5.91 Å². The molecule has 1 amide bonds. The van der Waals surface area contributed by atoms with E-state index < -0.39 is 8.32 Å². The predicted octanol–water partition coefficient (Wildman–Crippen LogP) is 2.36. The maximum atomic E-state index is 12.3. The molecule has 0 radical (unpaired) electrons. The molecule has 20 heavy (non-hydrogen) atoms. The first kappa shape index (κ1) is 16.0. The smallest absolute Gasteiger partial charge is 0.225 e. The Balaban J connectivity index is 1.95. The lowest BCUT2D eigenvalue weighted by molar-refractivity contribution is -0.130. The highest BCUT2D eigenvalue weighted by atomic mass is 28.4. The first-order valence-corrected chi connectivity index (χ1v) is 10.8. The number of hydrogen-bond acceptors (Lipinski definition) is 3. The maximum Gasteiger partial charge on any atom is 0.225 e. The molecule has 5 heteroatoms. The van der Waals surface area contributed by atoms with E-state index in [0.717, 1.165) is 32.5 Å². The number of hydrogen-bond donors (Lipinski definition) is 1. The highest BCUT2D eigenvalue weighted by Gasteiger charge is 2.43. The van der Waals surface area contributed by atoms with Gasteiger partial charge in [0.05, 0.1) is 12.5 Å². The Labute approximate surface area is 124 Å². The molecule has 2 aliphatic rings. The fraction of sp³-hybridized carbons (Fsp3) is 0.933. The molecule has 0 saturated carbocycles. The summed E-state index contributed by atoms with van der Waals surface area (Å²) in [5.74, 6) is 0.292. The van der Waals surface area contributed by atoms with E-state index in [9.17, 15) is 4.79 Å². The monoisotopic (exact) mass is 298 g/mol. The number of amides is 1. The second-order valence-corrected chi connectivity index (χ2v) is 12.5. The van der Waals surface area contributed by atoms with Gasteiger partial charge in [0, 0.05) is 12.6 Å². The second-order valence-electron chi connectivity index (χ2n) is 7.73. The summed E-state index contributed by atoms with van der Waals surface area (Å²) in [5, 5.41) is 3.57. The molecular weight excluding hydrogens is 268 g/mol. The molecule has 0 aliphatic carbocycles. The summed E-state index contributed by atoms with van der Waals surface area (Å²) in [5.41, 5.74) is 0. The van der Waals surface area contributed by atoms with Gasteiger partial charge in [-0.3, -0.25) is 4.79 Å². The van der Waals surface area contributed by atoms with Crippen molar-refractivity contribution in [1.29, 1.82) is 0 Å². The van der Waals surface area contributed by atoms with Crippen LogP contribution in [0.1, 0.15) is 40.0 Å². The summed E-state index contributed by atoms with van der Waals surface area (Å²) >= 11 is 0. The van der Waals surface area contributed by atoms with E-state index in [0.29, 0.717) is 18.4 Å². The van der Waals surface area contributed by atoms with Gasteiger partial charge >= 0.3 is 0 Å². The third kappa shape index (κ3) is 3.43. The minimum Gasteiger partial charge on any atom is -0.412 e. The number of likely N-dealkylation sites (tertiary alicyclic amines) is 1. The van der Waals surface area contributed by atoms with E-state index in [2.05, 4.69) is 44.1 Å². The molecule has 116 valence electrons. The lowest BCUT2D eigenvalue weighted by Crippen LogP contribution is -2.46. The molecule has 2 fully saturated rings. The van der Waals surface area contributed by atoms with Gasteiger partial charge in [-0.2, -0.15) is 0 Å². The molecule has 0 aromatic heterocycles. The minimum atomic E-state index is -1.77. The van der Waals surface area contributed by atoms with E-state index in [-0.39, 0.29) is 11.1 Å². The molecule has 0 bridgehead atoms. The second kappa shape index (κ2) is 5.77. The average molecular weight is 299 g/mol. The van der Waals surface area contributed by atoms with Gasteiger partial charge in [-0.25, -0.2) is 0 Å². The van der Waals surface area contributed by atoms with Crippen LogP contribution in [0.2, 0.25) is 18.1 Å². The molecule has 0 aromatic carbocycles. The number of carbonyl (C=O) groups is 1. The zero-order valence-corrected chi connectivity index (χ0v) is 14.7. The highest BCUT2D eigenvalue weighted by molar-refractivity contribution is 6.74. The van der Waals surface area contributed by atoms with Gasteiger partial charge in [0.1, 0.15) is 0 Å². The van der Waals surface area contributed by atoms with E-state index in [4.69, 9.17) is 4.43 Å². The molecule has 0 unspecified atom stereocenters. The van der Waals surface area contributed by atoms with Gasteiger partial charge in [-0.05, 0) is 44.1 Å². The van der Waals surface area contributed by atoms with E-state index >= 15 is 0 Å². The zero-order valence-electron chi connectivity index (χ0n) is 13.7. The van der Waals surface area contributed by atoms with Crippen LogP contribution in [0.3, 0.4) is 0 Å². The molecule has 0 aromatic rings. The molecule has 1 N–H and O–H groups in total. The van der Waals surface area contributed by atoms with Crippen molar-refractivity contribution in [3.8, 4) is 0 Å². The normalized spacial score (nSPS) is 26.4. The van der Waals surface area contributed by atoms with Crippen LogP contribution in [0.4, 0.5) is 0 Å². The van der Waals surface area contributed by atoms with Crippen molar-refractivity contribution in [2.24, 2.45) is 0 Å². The molecule has 2 rings (SSSR count). The van der Waals surface area contributed by atoms with Crippen molar-refractivity contribution in [1.82, 2.24) is 10.2 Å². The standard InChI is InChI=1S/C15H30N2O2Si/c1-15(2,3)20(4,5)19-13-10-14(18)17(11-13)12-6-8-16-9-7-12/h12-13,16H,6-11H2,1-5H3/t13-/m1/s1. The van der Waals surface area contributed by atoms with Gasteiger partial charge in [-0.15, -0.1) is 0 Å². The number of rotatable bonds is 3. The zero-order chi connectivity index (χ0) is 15.0. The number of nitrogens with zero attached hydrogens (tertiary/aromatic N) is 1. The number of piperidine rings is 1. The van der Waals surface area contributed by atoms with E-state index in [1.54, 1.807) is 0 Å². The maximum absolute atomic E-state index is 12.3. The minimum absolute atomic E-state index is 0.110. The quantitative estimate of drug-likeness (QED) is 0.813. The van der Waals surface area contributed by atoms with E-state index in [1.165, 1.54) is 0 Å². The fourth-order valence-corrected chi connectivity index (χ4v) is 4.19. The summed E-state index contributed by atoms with van der Waals surface area (Å²) in [4.78, 5) is 14.3. The van der Waals surface area contributed by atoms with Crippen molar-refractivity contribution < 1.29 is 9.22 Å². The Kier molecular flexibility index (Phi) is 4.62. The van der Waals surface area contributed by atoms with Crippen LogP contribution in [-0.4, -0.2) is 50.9 Å². The lowest BCUT2D eigenvalue weighted by Gasteiger charge is -2.38. The topological polar surface area (TPSA) is 41.6 Å². The van der Waals surface area contributed by atoms with Crippen molar-refractivity contribution in [2.45, 2.75) is 70.3 Å². The van der Waals surface area contributed by atoms with E-state index in [1.807, 2.05) is 0 Å². The largest absolute Gasteiger partial charge is 0.412 e. The highest BCUT2D eigenvalue weighted by Crippen LogP contribution is 2.38. The van der Waals surface area contributed by atoms with Crippen molar-refractivity contribution in [2.75, 3.05) is 19.6 Å². The van der Waals surface area contributed by atoms with Crippen LogP contribution in [0.5, 0.6) is 0 Å². The average Bonchev–Trinajstić information content (AvgIpc) is 2.69. The molecule has 4 nitrogen and oxygen atoms in total. The Morgan fingerprint density at radius 3 is 2.40 bits per heavy atom. The van der Waals surface area contributed by atoms with Crippen LogP contribution >= 0.6 is 0 Å². The van der Waals surface area contributed by atoms with Crippen molar-refractivity contribution in [3.63, 3.8) is 0 Å². The molecule has 0 spiro atoms. The van der Waals surface area contributed by atoms with Crippen LogP contribution in [0.15, 0.2) is 0 Å². The first-order chi connectivity index (χ1) is 9.21. The molecule has 2 aliphatic heterocycles. The molecule has 2 saturated heterocycles. The Morgan fingerprint density at radius 1 is 1.25 bits per heavy atom. The molecular formula is C15H30N2O2Si. The third-order valence-electron chi connectivity index (χ3n) is 5.14. The van der Waals surface area contributed by atoms with Crippen molar-refractivity contribution >= 4 is 14.2 Å². The van der Waals surface area contributed by atoms with Crippen LogP contribution in [-0.2, 0) is 9.22 Å². The van der Waals surface area contributed by atoms with Crippen LogP contribution < -0.4 is 5.32 Å². The Morgan fingerprint density at radius 2 is 1.85 bits per heavy atom. The summed E-state index contributed by atoms with van der Waals surface area (Å²) < 4.78 is 6.42. The number of carbonyl (C=O) groups excluding carboxylic acids is 1. The fourth-order valence-electron chi connectivity index (χ4n) is 2.84. The molecule has 2 heterocycles. The van der Waals surface area contributed by atoms with Crippen LogP contribution in [0, 0.1) is 0 Å². The Bertz CT molecular complexity index is 359. The lowest BCUT2D eigenvalue weighted by atomic mass is 10.1. The van der Waals surface area contributed by atoms with Crippen LogP contribution in [0.25, 0.3) is 0 Å². The summed E-state index contributed by atoms with van der Waals surface area (Å²) in [7, 11) is -1.77. The SMILES string of the molecule is CC(C)(C)[Si](C)(C)O[C@@H]1CC(=O)N(C2CCNCC2)C1. The summed E-state index contributed by atoms with van der Waals surface area (Å²) in [6, 6.07) is 0.428. The summed E-state index contributed by atoms with van der Waals surface area (Å²) in [6.07, 6.45) is 2.85. The Hall–Kier alpha value is -0.393.